The zero-order valence-electron chi connectivity index (χ0n) is 17.1. The average Bonchev–Trinajstić information content (AvgIpc) is 3.05. The minimum absolute atomic E-state index is 0.0462. The van der Waals surface area contributed by atoms with Crippen LogP contribution in [-0.2, 0) is 9.59 Å². The van der Waals surface area contributed by atoms with Gasteiger partial charge < -0.3 is 10.2 Å². The van der Waals surface area contributed by atoms with Crippen LogP contribution in [0.15, 0.2) is 6.07 Å². The maximum atomic E-state index is 12.6. The zero-order chi connectivity index (χ0) is 20.1. The van der Waals surface area contributed by atoms with Crippen LogP contribution in [-0.4, -0.2) is 41.6 Å². The summed E-state index contributed by atoms with van der Waals surface area (Å²) in [5, 5.41) is 3.06. The summed E-state index contributed by atoms with van der Waals surface area (Å²) in [7, 11) is 0. The van der Waals surface area contributed by atoms with Crippen LogP contribution in [0.2, 0.25) is 0 Å². The Morgan fingerprint density at radius 3 is 2.32 bits per heavy atom. The largest absolute Gasteiger partial charge is 0.353 e. The summed E-state index contributed by atoms with van der Waals surface area (Å²) in [5.74, 6) is 0.520. The molecule has 6 heteroatoms. The third-order valence-electron chi connectivity index (χ3n) is 6.05. The lowest BCUT2D eigenvalue weighted by Gasteiger charge is -2.35. The van der Waals surface area contributed by atoms with E-state index in [1.807, 2.05) is 24.8 Å². The monoisotopic (exact) mass is 404 g/mol. The van der Waals surface area contributed by atoms with Crippen molar-refractivity contribution < 1.29 is 14.4 Å². The van der Waals surface area contributed by atoms with Gasteiger partial charge >= 0.3 is 0 Å². The summed E-state index contributed by atoms with van der Waals surface area (Å²) in [4.78, 5) is 41.4. The molecule has 0 unspecified atom stereocenters. The smallest absolute Gasteiger partial charge is 0.225 e. The molecule has 0 aromatic carbocycles. The number of aryl methyl sites for hydroxylation is 2. The van der Waals surface area contributed by atoms with Crippen molar-refractivity contribution in [1.82, 2.24) is 10.2 Å². The lowest BCUT2D eigenvalue weighted by atomic mass is 9.87. The van der Waals surface area contributed by atoms with Crippen molar-refractivity contribution in [3.63, 3.8) is 0 Å². The summed E-state index contributed by atoms with van der Waals surface area (Å²) < 4.78 is 0. The van der Waals surface area contributed by atoms with E-state index in [4.69, 9.17) is 0 Å². The lowest BCUT2D eigenvalue weighted by molar-refractivity contribution is -0.137. The molecule has 0 radical (unpaired) electrons. The fourth-order valence-electron chi connectivity index (χ4n) is 4.42. The Hall–Kier alpha value is -1.69. The van der Waals surface area contributed by atoms with Crippen molar-refractivity contribution in [2.45, 2.75) is 77.7 Å². The maximum absolute atomic E-state index is 12.6. The van der Waals surface area contributed by atoms with Gasteiger partial charge in [-0.2, -0.15) is 0 Å². The quantitative estimate of drug-likeness (QED) is 0.729. The van der Waals surface area contributed by atoms with E-state index in [1.54, 1.807) is 11.3 Å². The SMILES string of the molecule is Cc1cc(C(=O)CCC(=O)NC2CCN(C(=O)C3CCCCC3)CC2)c(C)s1. The van der Waals surface area contributed by atoms with Crippen LogP contribution in [0.25, 0.3) is 0 Å². The van der Waals surface area contributed by atoms with Crippen molar-refractivity contribution in [3.05, 3.63) is 21.4 Å². The Labute approximate surface area is 171 Å². The second kappa shape index (κ2) is 9.68. The van der Waals surface area contributed by atoms with Crippen LogP contribution >= 0.6 is 11.3 Å². The molecule has 1 aromatic rings. The Morgan fingerprint density at radius 2 is 1.71 bits per heavy atom. The molecule has 2 fully saturated rings. The van der Waals surface area contributed by atoms with E-state index in [0.717, 1.165) is 54.1 Å². The number of rotatable bonds is 6. The van der Waals surface area contributed by atoms with Crippen molar-refractivity contribution in [2.24, 2.45) is 5.92 Å². The highest BCUT2D eigenvalue weighted by Gasteiger charge is 2.29. The second-order valence-electron chi connectivity index (χ2n) is 8.25. The Kier molecular flexibility index (Phi) is 7.27. The number of hydrogen-bond acceptors (Lipinski definition) is 4. The summed E-state index contributed by atoms with van der Waals surface area (Å²) in [6.07, 6.45) is 7.77. The van der Waals surface area contributed by atoms with Crippen LogP contribution in [0, 0.1) is 19.8 Å². The van der Waals surface area contributed by atoms with Gasteiger partial charge in [-0.05, 0) is 45.6 Å². The Bertz CT molecular complexity index is 713. The molecule has 1 saturated heterocycles. The van der Waals surface area contributed by atoms with Gasteiger partial charge in [0.05, 0.1) is 0 Å². The van der Waals surface area contributed by atoms with Gasteiger partial charge in [-0.1, -0.05) is 19.3 Å². The summed E-state index contributed by atoms with van der Waals surface area (Å²) in [5.41, 5.74) is 0.754. The molecule has 0 bridgehead atoms. The highest BCUT2D eigenvalue weighted by Crippen LogP contribution is 2.27. The molecule has 154 valence electrons. The molecule has 1 aliphatic carbocycles. The van der Waals surface area contributed by atoms with Gasteiger partial charge in [0.15, 0.2) is 5.78 Å². The molecule has 0 atom stereocenters. The standard InChI is InChI=1S/C22H32N2O3S/c1-15-14-19(16(2)28-15)20(25)8-9-21(26)23-18-10-12-24(13-11-18)22(27)17-6-4-3-5-7-17/h14,17-18H,3-13H2,1-2H3,(H,23,26). The number of hydrogen-bond donors (Lipinski definition) is 1. The van der Waals surface area contributed by atoms with E-state index in [0.29, 0.717) is 5.91 Å². The van der Waals surface area contributed by atoms with Crippen molar-refractivity contribution in [3.8, 4) is 0 Å². The normalized spacial score (nSPS) is 18.9. The van der Waals surface area contributed by atoms with E-state index >= 15 is 0 Å². The number of amides is 2. The first-order valence-electron chi connectivity index (χ1n) is 10.6. The molecule has 3 rings (SSSR count). The number of carbonyl (C=O) groups is 3. The number of thiophene rings is 1. The van der Waals surface area contributed by atoms with Crippen LogP contribution in [0.5, 0.6) is 0 Å². The number of Topliss-reactive ketones (excluding diaryl/α,β-unsaturated/α-hetero) is 1. The van der Waals surface area contributed by atoms with E-state index in [1.165, 1.54) is 19.3 Å². The fraction of sp³-hybridized carbons (Fsp3) is 0.682. The Balaban J connectivity index is 1.38. The molecule has 1 aromatic heterocycles. The van der Waals surface area contributed by atoms with Crippen LogP contribution in [0.4, 0.5) is 0 Å². The van der Waals surface area contributed by atoms with Crippen molar-refractivity contribution >= 4 is 28.9 Å². The van der Waals surface area contributed by atoms with E-state index in [9.17, 15) is 14.4 Å². The number of likely N-dealkylation sites (tertiary alicyclic amines) is 1. The van der Waals surface area contributed by atoms with Gasteiger partial charge in [-0.3, -0.25) is 14.4 Å². The van der Waals surface area contributed by atoms with Gasteiger partial charge in [0, 0.05) is 53.2 Å². The molecule has 1 saturated carbocycles. The zero-order valence-corrected chi connectivity index (χ0v) is 17.9. The minimum atomic E-state index is -0.0602. The first-order chi connectivity index (χ1) is 13.4. The molecule has 1 N–H and O–H groups in total. The molecule has 2 heterocycles. The molecular weight excluding hydrogens is 372 g/mol. The third kappa shape index (κ3) is 5.43. The van der Waals surface area contributed by atoms with E-state index < -0.39 is 0 Å². The first-order valence-corrected chi connectivity index (χ1v) is 11.4. The molecule has 2 amide bonds. The third-order valence-corrected chi connectivity index (χ3v) is 7.01. The van der Waals surface area contributed by atoms with Gasteiger partial charge in [-0.15, -0.1) is 11.3 Å². The van der Waals surface area contributed by atoms with Crippen LogP contribution < -0.4 is 5.32 Å². The van der Waals surface area contributed by atoms with Crippen molar-refractivity contribution in [2.75, 3.05) is 13.1 Å². The van der Waals surface area contributed by atoms with Gasteiger partial charge in [0.2, 0.25) is 11.8 Å². The number of ketones is 1. The predicted octanol–water partition coefficient (Wildman–Crippen LogP) is 4.02. The molecule has 1 aliphatic heterocycles. The van der Waals surface area contributed by atoms with Crippen LogP contribution in [0.3, 0.4) is 0 Å². The summed E-state index contributed by atoms with van der Waals surface area (Å²) in [6.45, 7) is 5.40. The molecule has 28 heavy (non-hydrogen) atoms. The topological polar surface area (TPSA) is 66.5 Å². The van der Waals surface area contributed by atoms with Crippen molar-refractivity contribution in [1.29, 1.82) is 0 Å². The van der Waals surface area contributed by atoms with E-state index in [2.05, 4.69) is 5.32 Å². The summed E-state index contributed by atoms with van der Waals surface area (Å²) in [6, 6.07) is 2.03. The summed E-state index contributed by atoms with van der Waals surface area (Å²) >= 11 is 1.62. The highest BCUT2D eigenvalue weighted by molar-refractivity contribution is 7.12. The highest BCUT2D eigenvalue weighted by atomic mass is 32.1. The minimum Gasteiger partial charge on any atom is -0.353 e. The van der Waals surface area contributed by atoms with Gasteiger partial charge in [-0.25, -0.2) is 0 Å². The number of carbonyl (C=O) groups excluding carboxylic acids is 3. The molecular formula is C22H32N2O3S. The Morgan fingerprint density at radius 1 is 1.04 bits per heavy atom. The van der Waals surface area contributed by atoms with E-state index in [-0.39, 0.29) is 36.5 Å². The second-order valence-corrected chi connectivity index (χ2v) is 9.71. The predicted molar refractivity (Wildman–Crippen MR) is 112 cm³/mol. The average molecular weight is 405 g/mol. The van der Waals surface area contributed by atoms with Gasteiger partial charge in [0.1, 0.15) is 0 Å². The fourth-order valence-corrected chi connectivity index (χ4v) is 5.36. The number of nitrogens with zero attached hydrogens (tertiary/aromatic N) is 1. The lowest BCUT2D eigenvalue weighted by Crippen LogP contribution is -2.48. The van der Waals surface area contributed by atoms with Gasteiger partial charge in [0.25, 0.3) is 0 Å². The molecule has 5 nitrogen and oxygen atoms in total. The van der Waals surface area contributed by atoms with Crippen LogP contribution in [0.1, 0.15) is 77.9 Å². The molecule has 0 spiro atoms. The number of piperidine rings is 1. The molecule has 2 aliphatic rings. The number of nitrogens with one attached hydrogen (secondary N) is 1. The maximum Gasteiger partial charge on any atom is 0.225 e. The first kappa shape index (κ1) is 21.0.